The lowest BCUT2D eigenvalue weighted by Crippen LogP contribution is -2.29. The fourth-order valence-corrected chi connectivity index (χ4v) is 6.80. The number of halogens is 1. The van der Waals surface area contributed by atoms with E-state index in [2.05, 4.69) is 15.2 Å². The number of Topliss-reactive ketones (excluding diaryl/α,β-unsaturated/α-hetero) is 1. The van der Waals surface area contributed by atoms with Crippen LogP contribution in [-0.2, 0) is 15.3 Å². The summed E-state index contributed by atoms with van der Waals surface area (Å²) in [6, 6.07) is 17.9. The van der Waals surface area contributed by atoms with Crippen molar-refractivity contribution in [2.24, 2.45) is 0 Å². The van der Waals surface area contributed by atoms with Gasteiger partial charge in [-0.15, -0.1) is 10.2 Å². The molecule has 1 fully saturated rings. The lowest BCUT2D eigenvalue weighted by atomic mass is 9.96. The van der Waals surface area contributed by atoms with Crippen molar-refractivity contribution in [3.8, 4) is 5.75 Å². The van der Waals surface area contributed by atoms with Crippen molar-refractivity contribution >= 4 is 51.3 Å². The summed E-state index contributed by atoms with van der Waals surface area (Å²) in [5.74, 6) is -1.40. The summed E-state index contributed by atoms with van der Waals surface area (Å²) >= 11 is 2.39. The molecule has 0 radical (unpaired) electrons. The summed E-state index contributed by atoms with van der Waals surface area (Å²) in [6.45, 7) is 4.29. The first-order chi connectivity index (χ1) is 20.9. The molecule has 0 spiro atoms. The van der Waals surface area contributed by atoms with Crippen LogP contribution in [0.1, 0.15) is 41.9 Å². The van der Waals surface area contributed by atoms with Crippen LogP contribution >= 0.6 is 23.1 Å². The molecule has 3 aromatic heterocycles. The Hall–Kier alpha value is -4.55. The van der Waals surface area contributed by atoms with Gasteiger partial charge in [-0.05, 0) is 54.8 Å². The molecule has 1 aliphatic rings. The molecule has 9 nitrogen and oxygen atoms in total. The maximum absolute atomic E-state index is 14.2. The van der Waals surface area contributed by atoms with Crippen LogP contribution in [-0.4, -0.2) is 43.0 Å². The van der Waals surface area contributed by atoms with Crippen LogP contribution in [0.3, 0.4) is 0 Å². The first-order valence-electron chi connectivity index (χ1n) is 13.5. The molecule has 1 N–H and O–H groups in total. The van der Waals surface area contributed by atoms with Crippen molar-refractivity contribution in [2.45, 2.75) is 36.4 Å². The van der Waals surface area contributed by atoms with Crippen molar-refractivity contribution < 1.29 is 23.8 Å². The normalized spacial score (nSPS) is 16.3. The molecule has 6 rings (SSSR count). The van der Waals surface area contributed by atoms with Crippen LogP contribution in [0.25, 0.3) is 11.4 Å². The van der Waals surface area contributed by atoms with Crippen molar-refractivity contribution in [1.29, 1.82) is 0 Å². The number of benzene rings is 2. The van der Waals surface area contributed by atoms with Crippen molar-refractivity contribution in [3.63, 3.8) is 0 Å². The lowest BCUT2D eigenvalue weighted by molar-refractivity contribution is -0.132. The average Bonchev–Trinajstić information content (AvgIpc) is 3.69. The SMILES string of the molecule is CCCOc1ccc(C2C(=C(O)c3c(C)nc4ccccn34)C(=O)C(=O)N2c2nnc(SCc3ccccc3F)s2)cc1. The number of carbonyl (C=O) groups is 2. The summed E-state index contributed by atoms with van der Waals surface area (Å²) in [5.41, 5.74) is 2.41. The molecular weight excluding hydrogens is 590 g/mol. The largest absolute Gasteiger partial charge is 0.505 e. The van der Waals surface area contributed by atoms with E-state index < -0.39 is 17.7 Å². The fourth-order valence-electron chi connectivity index (χ4n) is 4.95. The summed E-state index contributed by atoms with van der Waals surface area (Å²) in [5, 5.41) is 20.3. The zero-order valence-electron chi connectivity index (χ0n) is 23.2. The maximum atomic E-state index is 14.2. The van der Waals surface area contributed by atoms with E-state index >= 15 is 0 Å². The third kappa shape index (κ3) is 5.39. The highest BCUT2D eigenvalue weighted by molar-refractivity contribution is 8.00. The minimum absolute atomic E-state index is 0.0864. The Bertz CT molecular complexity index is 1870. The van der Waals surface area contributed by atoms with E-state index in [-0.39, 0.29) is 22.3 Å². The zero-order chi connectivity index (χ0) is 30.1. The number of pyridine rings is 1. The Morgan fingerprint density at radius 2 is 1.84 bits per heavy atom. The summed E-state index contributed by atoms with van der Waals surface area (Å²) < 4.78 is 22.1. The Kier molecular flexibility index (Phi) is 7.96. The van der Waals surface area contributed by atoms with Gasteiger partial charge in [0, 0.05) is 11.9 Å². The molecule has 1 aliphatic heterocycles. The minimum Gasteiger partial charge on any atom is -0.505 e. The smallest absolute Gasteiger partial charge is 0.301 e. The van der Waals surface area contributed by atoms with Gasteiger partial charge in [0.1, 0.15) is 22.9 Å². The molecule has 0 bridgehead atoms. The van der Waals surface area contributed by atoms with Crippen LogP contribution in [0, 0.1) is 12.7 Å². The Morgan fingerprint density at radius 1 is 1.07 bits per heavy atom. The first-order valence-corrected chi connectivity index (χ1v) is 15.3. The minimum atomic E-state index is -0.994. The molecule has 0 aliphatic carbocycles. The summed E-state index contributed by atoms with van der Waals surface area (Å²) in [7, 11) is 0. The number of aromatic nitrogens is 4. The van der Waals surface area contributed by atoms with Crippen LogP contribution < -0.4 is 9.64 Å². The van der Waals surface area contributed by atoms with Gasteiger partial charge in [-0.25, -0.2) is 9.37 Å². The Labute approximate surface area is 254 Å². The average molecular weight is 616 g/mol. The molecule has 1 atom stereocenters. The van der Waals surface area contributed by atoms with Crippen LogP contribution in [0.2, 0.25) is 0 Å². The van der Waals surface area contributed by atoms with Crippen LogP contribution in [0.5, 0.6) is 5.75 Å². The topological polar surface area (TPSA) is 110 Å². The van der Waals surface area contributed by atoms with E-state index in [1.807, 2.05) is 13.0 Å². The van der Waals surface area contributed by atoms with Crippen molar-refractivity contribution in [1.82, 2.24) is 19.6 Å². The van der Waals surface area contributed by atoms with E-state index in [1.165, 1.54) is 22.7 Å². The van der Waals surface area contributed by atoms with Gasteiger partial charge in [-0.2, -0.15) is 0 Å². The van der Waals surface area contributed by atoms with Gasteiger partial charge in [0.2, 0.25) is 5.13 Å². The number of amides is 1. The molecule has 5 aromatic rings. The van der Waals surface area contributed by atoms with Gasteiger partial charge in [-0.3, -0.25) is 18.9 Å². The van der Waals surface area contributed by atoms with Gasteiger partial charge in [0.15, 0.2) is 10.1 Å². The van der Waals surface area contributed by atoms with E-state index in [0.29, 0.717) is 50.6 Å². The van der Waals surface area contributed by atoms with Gasteiger partial charge in [0.05, 0.1) is 23.9 Å². The molecule has 1 amide bonds. The predicted octanol–water partition coefficient (Wildman–Crippen LogP) is 6.34. The van der Waals surface area contributed by atoms with Gasteiger partial charge in [-0.1, -0.05) is 66.4 Å². The summed E-state index contributed by atoms with van der Waals surface area (Å²) in [6.07, 6.45) is 2.58. The number of imidazole rings is 1. The fraction of sp³-hybridized carbons (Fsp3) is 0.194. The number of thioether (sulfide) groups is 1. The Balaban J connectivity index is 1.43. The molecule has 12 heteroatoms. The second-order valence-electron chi connectivity index (χ2n) is 9.79. The number of aliphatic hydroxyl groups excluding tert-OH is 1. The standard InChI is InChI=1S/C31H26FN5O4S2/c1-3-16-41-21-13-11-19(12-14-21)26-24(27(38)25-18(2)33-23-10-6-7-15-36(23)25)28(39)29(40)37(26)30-34-35-31(43-30)42-17-20-8-4-5-9-22(20)32/h4-15,26,38H,3,16-17H2,1-2H3. The molecule has 2 aromatic carbocycles. The first kappa shape index (κ1) is 28.6. The molecule has 0 saturated carbocycles. The molecule has 1 unspecified atom stereocenters. The van der Waals surface area contributed by atoms with Crippen LogP contribution in [0.15, 0.2) is 82.8 Å². The number of hydrogen-bond acceptors (Lipinski definition) is 9. The number of rotatable bonds is 9. The van der Waals surface area contributed by atoms with Crippen molar-refractivity contribution in [3.05, 3.63) is 107 Å². The maximum Gasteiger partial charge on any atom is 0.301 e. The predicted molar refractivity (Wildman–Crippen MR) is 163 cm³/mol. The van der Waals surface area contributed by atoms with Crippen molar-refractivity contribution in [2.75, 3.05) is 11.5 Å². The van der Waals surface area contributed by atoms with Gasteiger partial charge in [0.25, 0.3) is 5.78 Å². The summed E-state index contributed by atoms with van der Waals surface area (Å²) in [4.78, 5) is 33.1. The number of aliphatic hydroxyl groups is 1. The Morgan fingerprint density at radius 3 is 2.60 bits per heavy atom. The number of carbonyl (C=O) groups excluding carboxylic acids is 2. The van der Waals surface area contributed by atoms with E-state index in [0.717, 1.165) is 17.8 Å². The number of nitrogens with zero attached hydrogens (tertiary/aromatic N) is 5. The number of ether oxygens (including phenoxy) is 1. The molecule has 218 valence electrons. The number of hydrogen-bond donors (Lipinski definition) is 1. The van der Waals surface area contributed by atoms with Gasteiger partial charge < -0.3 is 9.84 Å². The molecule has 1 saturated heterocycles. The second kappa shape index (κ2) is 12.0. The number of anilines is 1. The third-order valence-corrected chi connectivity index (χ3v) is 9.06. The number of ketones is 1. The van der Waals surface area contributed by atoms with Crippen LogP contribution in [0.4, 0.5) is 9.52 Å². The lowest BCUT2D eigenvalue weighted by Gasteiger charge is -2.22. The second-order valence-corrected chi connectivity index (χ2v) is 12.0. The third-order valence-electron chi connectivity index (χ3n) is 6.95. The molecule has 4 heterocycles. The highest BCUT2D eigenvalue weighted by Crippen LogP contribution is 2.44. The quantitative estimate of drug-likeness (QED) is 0.0673. The highest BCUT2D eigenvalue weighted by atomic mass is 32.2. The molecule has 43 heavy (non-hydrogen) atoms. The zero-order valence-corrected chi connectivity index (χ0v) is 24.9. The van der Waals surface area contributed by atoms with E-state index in [4.69, 9.17) is 4.74 Å². The number of aryl methyl sites for hydroxylation is 1. The van der Waals surface area contributed by atoms with E-state index in [1.54, 1.807) is 72.1 Å². The monoisotopic (exact) mass is 615 g/mol. The molecular formula is C31H26FN5O4S2. The number of fused-ring (bicyclic) bond motifs is 1. The van der Waals surface area contributed by atoms with Gasteiger partial charge >= 0.3 is 5.91 Å². The highest BCUT2D eigenvalue weighted by Gasteiger charge is 2.49. The van der Waals surface area contributed by atoms with E-state index in [9.17, 15) is 19.1 Å².